The number of hydrogen-bond acceptors (Lipinski definition) is 4. The van der Waals surface area contributed by atoms with Crippen LogP contribution in [0.25, 0.3) is 11.0 Å². The predicted octanol–water partition coefficient (Wildman–Crippen LogP) is 3.56. The first-order valence-electron chi connectivity index (χ1n) is 10.3. The molecule has 1 aliphatic heterocycles. The molecular weight excluding hydrogens is 419 g/mol. The predicted molar refractivity (Wildman–Crippen MR) is 118 cm³/mol. The van der Waals surface area contributed by atoms with Crippen LogP contribution in [0.3, 0.4) is 0 Å². The number of amides is 1. The average molecular weight is 443 g/mol. The molecule has 0 radical (unpaired) electrons. The van der Waals surface area contributed by atoms with Gasteiger partial charge in [-0.25, -0.2) is 9.37 Å². The number of halogens is 2. The van der Waals surface area contributed by atoms with Crippen LogP contribution in [0.2, 0.25) is 5.15 Å². The lowest BCUT2D eigenvalue weighted by Gasteiger charge is -2.34. The van der Waals surface area contributed by atoms with Crippen LogP contribution in [0.15, 0.2) is 42.5 Å². The summed E-state index contributed by atoms with van der Waals surface area (Å²) in [5.74, 6) is -1.05. The Kier molecular flexibility index (Phi) is 6.34. The summed E-state index contributed by atoms with van der Waals surface area (Å²) in [6, 6.07) is 11.3. The van der Waals surface area contributed by atoms with Crippen molar-refractivity contribution in [2.75, 3.05) is 33.2 Å². The van der Waals surface area contributed by atoms with Gasteiger partial charge in [-0.05, 0) is 49.4 Å². The van der Waals surface area contributed by atoms with Gasteiger partial charge >= 0.3 is 0 Å². The van der Waals surface area contributed by atoms with E-state index in [-0.39, 0.29) is 23.9 Å². The number of Topliss-reactive ketones (excluding diaryl/α,β-unsaturated/α-hetero) is 1. The minimum atomic E-state index is -0.524. The second kappa shape index (κ2) is 9.16. The van der Waals surface area contributed by atoms with Crippen molar-refractivity contribution >= 4 is 34.3 Å². The number of likely N-dealkylation sites (N-methyl/N-ethyl adjacent to an activating group) is 1. The zero-order valence-corrected chi connectivity index (χ0v) is 18.0. The molecule has 1 atom stereocenters. The number of carbonyl (C=O) groups excluding carboxylic acids is 2. The molecule has 0 saturated carbocycles. The zero-order valence-electron chi connectivity index (χ0n) is 17.3. The number of nitrogens with one attached hydrogen (secondary N) is 1. The fourth-order valence-electron chi connectivity index (χ4n) is 3.90. The van der Waals surface area contributed by atoms with E-state index in [1.54, 1.807) is 30.3 Å². The molecular formula is C23H24ClFN4O2. The quantitative estimate of drug-likeness (QED) is 0.468. The number of nitrogens with zero attached hydrogens (tertiary/aromatic N) is 3. The highest BCUT2D eigenvalue weighted by Crippen LogP contribution is 2.22. The standard InChI is InChI=1S/C23H24ClFN4O2/c1-28-8-10-29(11-9-28)23(31)17(12-15-2-5-18(25)6-3-15)14-20(30)19-13-16-4-7-21(24)27-22(16)26-19/h2-7,13,17H,8-12,14H2,1H3,(H,26,27)/t17-/m1/s1. The van der Waals surface area contributed by atoms with Gasteiger partial charge in [0.2, 0.25) is 5.91 Å². The minimum absolute atomic E-state index is 0.0388. The molecule has 0 unspecified atom stereocenters. The molecule has 4 rings (SSSR count). The smallest absolute Gasteiger partial charge is 0.226 e. The lowest BCUT2D eigenvalue weighted by Crippen LogP contribution is -2.49. The summed E-state index contributed by atoms with van der Waals surface area (Å²) in [6.45, 7) is 2.88. The van der Waals surface area contributed by atoms with Gasteiger partial charge in [0.05, 0.1) is 5.69 Å². The second-order valence-electron chi connectivity index (χ2n) is 8.04. The van der Waals surface area contributed by atoms with Gasteiger partial charge in [-0.2, -0.15) is 0 Å². The molecule has 31 heavy (non-hydrogen) atoms. The number of piperazine rings is 1. The van der Waals surface area contributed by atoms with E-state index in [9.17, 15) is 14.0 Å². The summed E-state index contributed by atoms with van der Waals surface area (Å²) in [6.07, 6.45) is 0.435. The molecule has 1 amide bonds. The molecule has 162 valence electrons. The van der Waals surface area contributed by atoms with Crippen LogP contribution in [0.1, 0.15) is 22.5 Å². The molecule has 0 bridgehead atoms. The van der Waals surface area contributed by atoms with Crippen LogP contribution >= 0.6 is 11.6 Å². The summed E-state index contributed by atoms with van der Waals surface area (Å²) in [4.78, 5) is 37.6. The highest BCUT2D eigenvalue weighted by Gasteiger charge is 2.29. The Morgan fingerprint density at radius 1 is 1.13 bits per heavy atom. The first-order chi connectivity index (χ1) is 14.9. The molecule has 0 aliphatic carbocycles. The summed E-state index contributed by atoms with van der Waals surface area (Å²) < 4.78 is 13.3. The van der Waals surface area contributed by atoms with Crippen molar-refractivity contribution in [3.63, 3.8) is 0 Å². The summed E-state index contributed by atoms with van der Waals surface area (Å²) >= 11 is 5.93. The molecule has 8 heteroatoms. The Labute approximate surface area is 185 Å². The fraction of sp³-hybridized carbons (Fsp3) is 0.348. The van der Waals surface area contributed by atoms with Gasteiger partial charge in [0.15, 0.2) is 5.78 Å². The fourth-order valence-corrected chi connectivity index (χ4v) is 4.05. The number of ketones is 1. The van der Waals surface area contributed by atoms with Crippen LogP contribution in [0.5, 0.6) is 0 Å². The van der Waals surface area contributed by atoms with Crippen LogP contribution < -0.4 is 0 Å². The highest BCUT2D eigenvalue weighted by atomic mass is 35.5. The number of carbonyl (C=O) groups is 2. The van der Waals surface area contributed by atoms with Gasteiger partial charge in [0.1, 0.15) is 16.6 Å². The van der Waals surface area contributed by atoms with Gasteiger partial charge in [-0.3, -0.25) is 9.59 Å². The third-order valence-corrected chi connectivity index (χ3v) is 5.95. The first-order valence-corrected chi connectivity index (χ1v) is 10.7. The van der Waals surface area contributed by atoms with Gasteiger partial charge < -0.3 is 14.8 Å². The number of pyridine rings is 1. The van der Waals surface area contributed by atoms with Crippen LogP contribution in [0, 0.1) is 11.7 Å². The lowest BCUT2D eigenvalue weighted by molar-refractivity contribution is -0.137. The largest absolute Gasteiger partial charge is 0.340 e. The molecule has 1 aromatic carbocycles. The van der Waals surface area contributed by atoms with E-state index in [4.69, 9.17) is 11.6 Å². The third-order valence-electron chi connectivity index (χ3n) is 5.74. The molecule has 3 aromatic rings. The van der Waals surface area contributed by atoms with Gasteiger partial charge in [-0.15, -0.1) is 0 Å². The Balaban J connectivity index is 1.55. The topological polar surface area (TPSA) is 69.3 Å². The van der Waals surface area contributed by atoms with E-state index in [0.29, 0.717) is 36.0 Å². The molecule has 6 nitrogen and oxygen atoms in total. The van der Waals surface area contributed by atoms with E-state index in [0.717, 1.165) is 24.0 Å². The number of hydrogen-bond donors (Lipinski definition) is 1. The Hall–Kier alpha value is -2.77. The Morgan fingerprint density at radius 2 is 1.84 bits per heavy atom. The van der Waals surface area contributed by atoms with Gasteiger partial charge in [0, 0.05) is 43.9 Å². The third kappa shape index (κ3) is 5.11. The minimum Gasteiger partial charge on any atom is -0.340 e. The summed E-state index contributed by atoms with van der Waals surface area (Å²) in [5, 5.41) is 1.13. The van der Waals surface area contributed by atoms with Crippen molar-refractivity contribution in [2.45, 2.75) is 12.8 Å². The number of H-pyrrole nitrogens is 1. The van der Waals surface area contributed by atoms with E-state index >= 15 is 0 Å². The maximum absolute atomic E-state index is 13.3. The SMILES string of the molecule is CN1CCN(C(=O)[C@@H](CC(=O)c2cc3ccc(Cl)nc3[nH]2)Cc2ccc(F)cc2)CC1. The van der Waals surface area contributed by atoms with Crippen molar-refractivity contribution in [1.82, 2.24) is 19.8 Å². The Morgan fingerprint density at radius 3 is 2.55 bits per heavy atom. The van der Waals surface area contributed by atoms with E-state index in [1.807, 2.05) is 11.9 Å². The second-order valence-corrected chi connectivity index (χ2v) is 8.43. The van der Waals surface area contributed by atoms with Crippen molar-refractivity contribution in [1.29, 1.82) is 0 Å². The summed E-state index contributed by atoms with van der Waals surface area (Å²) in [5.41, 5.74) is 1.77. The molecule has 1 aliphatic rings. The monoisotopic (exact) mass is 442 g/mol. The lowest BCUT2D eigenvalue weighted by atomic mass is 9.91. The summed E-state index contributed by atoms with van der Waals surface area (Å²) in [7, 11) is 2.03. The van der Waals surface area contributed by atoms with E-state index in [1.165, 1.54) is 12.1 Å². The molecule has 1 saturated heterocycles. The molecule has 1 fully saturated rings. The van der Waals surface area contributed by atoms with E-state index in [2.05, 4.69) is 14.9 Å². The van der Waals surface area contributed by atoms with Crippen molar-refractivity contribution < 1.29 is 14.0 Å². The van der Waals surface area contributed by atoms with Crippen molar-refractivity contribution in [2.24, 2.45) is 5.92 Å². The van der Waals surface area contributed by atoms with Gasteiger partial charge in [0.25, 0.3) is 0 Å². The van der Waals surface area contributed by atoms with Crippen molar-refractivity contribution in [3.05, 3.63) is 64.7 Å². The zero-order chi connectivity index (χ0) is 22.0. The number of benzene rings is 1. The van der Waals surface area contributed by atoms with Crippen LogP contribution in [0.4, 0.5) is 4.39 Å². The molecule has 1 N–H and O–H groups in total. The highest BCUT2D eigenvalue weighted by molar-refractivity contribution is 6.29. The van der Waals surface area contributed by atoms with Gasteiger partial charge in [-0.1, -0.05) is 23.7 Å². The van der Waals surface area contributed by atoms with Crippen LogP contribution in [-0.2, 0) is 11.2 Å². The normalized spacial score (nSPS) is 15.9. The number of fused-ring (bicyclic) bond motifs is 1. The number of rotatable bonds is 6. The number of aromatic amines is 1. The van der Waals surface area contributed by atoms with E-state index < -0.39 is 5.92 Å². The molecule has 0 spiro atoms. The first kappa shape index (κ1) is 21.5. The maximum Gasteiger partial charge on any atom is 0.226 e. The Bertz CT molecular complexity index is 1090. The average Bonchev–Trinajstić information content (AvgIpc) is 3.18. The molecule has 2 aromatic heterocycles. The molecule has 3 heterocycles. The van der Waals surface area contributed by atoms with Crippen molar-refractivity contribution in [3.8, 4) is 0 Å². The maximum atomic E-state index is 13.3. The number of aromatic nitrogens is 2. The van der Waals surface area contributed by atoms with Crippen LogP contribution in [-0.4, -0.2) is 64.7 Å².